The largest absolute Gasteiger partial charge is 0.272 e. The average molecular weight is 257 g/mol. The van der Waals surface area contributed by atoms with Crippen LogP contribution in [0.2, 0.25) is 0 Å². The molecule has 2 nitrogen and oxygen atoms in total. The number of rotatable bonds is 1. The van der Waals surface area contributed by atoms with E-state index in [9.17, 15) is 4.79 Å². The van der Waals surface area contributed by atoms with E-state index in [1.807, 2.05) is 0 Å². The summed E-state index contributed by atoms with van der Waals surface area (Å²) in [7, 11) is -0.210. The maximum atomic E-state index is 12.1. The van der Waals surface area contributed by atoms with Crippen molar-refractivity contribution < 1.29 is 4.79 Å². The summed E-state index contributed by atoms with van der Waals surface area (Å²) < 4.78 is 4.46. The first-order valence-electron chi connectivity index (χ1n) is 6.48. The van der Waals surface area contributed by atoms with Crippen molar-refractivity contribution in [1.29, 1.82) is 0 Å². The highest BCUT2D eigenvalue weighted by Crippen LogP contribution is 2.51. The van der Waals surface area contributed by atoms with Crippen LogP contribution in [0.15, 0.2) is 45.7 Å². The molecule has 5 atom stereocenters. The maximum Gasteiger partial charge on any atom is 0.256 e. The summed E-state index contributed by atoms with van der Waals surface area (Å²) in [4.78, 5) is 13.3. The molecule has 1 aliphatic heterocycles. The minimum atomic E-state index is -0.210. The van der Waals surface area contributed by atoms with Crippen LogP contribution in [0.1, 0.15) is 12.0 Å². The van der Waals surface area contributed by atoms with Gasteiger partial charge in [-0.2, -0.15) is 4.36 Å². The lowest BCUT2D eigenvalue weighted by atomic mass is 9.93. The highest BCUT2D eigenvalue weighted by Gasteiger charge is 2.53. The standard InChI is InChI=1S/C15H15NOS/c1-9-2-6-12(7-3-9)18-14-11-5-4-10(8-11)13(14)15(17)16-18/h2-7,10-11,13-14H,8H2,1H3/t10-,11+,13-,14+,18?/m0/s1. The van der Waals surface area contributed by atoms with Gasteiger partial charge in [0.15, 0.2) is 0 Å². The van der Waals surface area contributed by atoms with Crippen LogP contribution in [0, 0.1) is 24.7 Å². The number of nitrogens with zero attached hydrogens (tertiary/aromatic N) is 1. The van der Waals surface area contributed by atoms with Crippen molar-refractivity contribution >= 4 is 16.6 Å². The van der Waals surface area contributed by atoms with Crippen molar-refractivity contribution in [2.75, 3.05) is 0 Å². The first kappa shape index (κ1) is 10.7. The zero-order valence-corrected chi connectivity index (χ0v) is 11.1. The molecule has 3 aliphatic rings. The molecule has 0 spiro atoms. The molecule has 3 heteroatoms. The quantitative estimate of drug-likeness (QED) is 0.711. The fourth-order valence-electron chi connectivity index (χ4n) is 3.51. The summed E-state index contributed by atoms with van der Waals surface area (Å²) in [5, 5.41) is 0.454. The Kier molecular flexibility index (Phi) is 2.16. The molecule has 1 aromatic carbocycles. The number of amides is 1. The van der Waals surface area contributed by atoms with Crippen LogP contribution in [-0.2, 0) is 15.5 Å². The van der Waals surface area contributed by atoms with Crippen LogP contribution >= 0.6 is 0 Å². The van der Waals surface area contributed by atoms with E-state index in [0.29, 0.717) is 17.1 Å². The molecule has 1 amide bonds. The van der Waals surface area contributed by atoms with Gasteiger partial charge in [0, 0.05) is 10.1 Å². The van der Waals surface area contributed by atoms with E-state index in [2.05, 4.69) is 47.7 Å². The predicted octanol–water partition coefficient (Wildman–Crippen LogP) is 2.89. The van der Waals surface area contributed by atoms with Gasteiger partial charge in [0.25, 0.3) is 5.91 Å². The van der Waals surface area contributed by atoms with E-state index in [1.54, 1.807) is 0 Å². The molecule has 0 N–H and O–H groups in total. The van der Waals surface area contributed by atoms with Crippen LogP contribution in [0.3, 0.4) is 0 Å². The fourth-order valence-corrected chi connectivity index (χ4v) is 5.91. The number of hydrogen-bond donors (Lipinski definition) is 0. The van der Waals surface area contributed by atoms with Crippen LogP contribution in [0.5, 0.6) is 0 Å². The number of carbonyl (C=O) groups excluding carboxylic acids is 1. The van der Waals surface area contributed by atoms with Gasteiger partial charge in [-0.15, -0.1) is 0 Å². The molecule has 1 aromatic rings. The summed E-state index contributed by atoms with van der Waals surface area (Å²) in [5.41, 5.74) is 1.26. The van der Waals surface area contributed by atoms with Crippen molar-refractivity contribution in [3.05, 3.63) is 42.0 Å². The van der Waals surface area contributed by atoms with Crippen molar-refractivity contribution in [3.8, 4) is 0 Å². The molecule has 2 bridgehead atoms. The van der Waals surface area contributed by atoms with E-state index in [4.69, 9.17) is 0 Å². The summed E-state index contributed by atoms with van der Waals surface area (Å²) in [6.07, 6.45) is 5.72. The highest BCUT2D eigenvalue weighted by molar-refractivity contribution is 7.88. The van der Waals surface area contributed by atoms with Crippen LogP contribution in [0.4, 0.5) is 0 Å². The Labute approximate surface area is 109 Å². The Morgan fingerprint density at radius 1 is 1.17 bits per heavy atom. The fraction of sp³-hybridized carbons (Fsp3) is 0.400. The molecule has 1 heterocycles. The van der Waals surface area contributed by atoms with E-state index < -0.39 is 0 Å². The summed E-state index contributed by atoms with van der Waals surface area (Å²) in [6.45, 7) is 2.09. The number of hydrogen-bond acceptors (Lipinski definition) is 1. The van der Waals surface area contributed by atoms with Crippen molar-refractivity contribution in [2.24, 2.45) is 22.1 Å². The van der Waals surface area contributed by atoms with Crippen LogP contribution in [-0.4, -0.2) is 11.2 Å². The van der Waals surface area contributed by atoms with Crippen LogP contribution in [0.25, 0.3) is 0 Å². The minimum Gasteiger partial charge on any atom is -0.272 e. The van der Waals surface area contributed by atoms with Gasteiger partial charge in [0.2, 0.25) is 0 Å². The topological polar surface area (TPSA) is 29.4 Å². The number of aryl methyl sites for hydroxylation is 1. The lowest BCUT2D eigenvalue weighted by Gasteiger charge is -2.21. The normalized spacial score (nSPS) is 40.1. The second-order valence-electron chi connectivity index (χ2n) is 5.50. The van der Waals surface area contributed by atoms with Gasteiger partial charge in [-0.1, -0.05) is 40.5 Å². The van der Waals surface area contributed by atoms with Gasteiger partial charge in [0.1, 0.15) is 0 Å². The number of allylic oxidation sites excluding steroid dienone is 2. The Morgan fingerprint density at radius 2 is 1.89 bits per heavy atom. The average Bonchev–Trinajstić information content (AvgIpc) is 3.03. The summed E-state index contributed by atoms with van der Waals surface area (Å²) in [6, 6.07) is 8.54. The zero-order valence-electron chi connectivity index (χ0n) is 10.2. The molecule has 18 heavy (non-hydrogen) atoms. The van der Waals surface area contributed by atoms with Crippen LogP contribution < -0.4 is 0 Å². The Bertz CT molecular complexity index is 587. The van der Waals surface area contributed by atoms with Crippen molar-refractivity contribution in [2.45, 2.75) is 23.5 Å². The third kappa shape index (κ3) is 1.34. The molecular weight excluding hydrogens is 242 g/mol. The van der Waals surface area contributed by atoms with Gasteiger partial charge in [-0.3, -0.25) is 4.79 Å². The molecule has 0 aromatic heterocycles. The molecule has 2 aliphatic carbocycles. The van der Waals surface area contributed by atoms with E-state index in [-0.39, 0.29) is 22.5 Å². The van der Waals surface area contributed by atoms with Gasteiger partial charge >= 0.3 is 0 Å². The Morgan fingerprint density at radius 3 is 2.67 bits per heavy atom. The Balaban J connectivity index is 1.78. The molecule has 0 saturated heterocycles. The first-order valence-corrected chi connectivity index (χ1v) is 7.72. The third-order valence-electron chi connectivity index (χ3n) is 4.38. The number of benzene rings is 1. The van der Waals surface area contributed by atoms with Crippen molar-refractivity contribution in [1.82, 2.24) is 0 Å². The van der Waals surface area contributed by atoms with E-state index in [1.165, 1.54) is 16.9 Å². The highest BCUT2D eigenvalue weighted by atomic mass is 32.2. The predicted molar refractivity (Wildman–Crippen MR) is 72.3 cm³/mol. The molecule has 4 rings (SSSR count). The summed E-state index contributed by atoms with van der Waals surface area (Å²) >= 11 is 0. The second-order valence-corrected chi connectivity index (χ2v) is 7.32. The molecule has 1 saturated carbocycles. The van der Waals surface area contributed by atoms with Gasteiger partial charge in [0.05, 0.1) is 5.92 Å². The lowest BCUT2D eigenvalue weighted by molar-refractivity contribution is -0.121. The lowest BCUT2D eigenvalue weighted by Crippen LogP contribution is -2.27. The van der Waals surface area contributed by atoms with Gasteiger partial charge in [-0.25, -0.2) is 0 Å². The first-order chi connectivity index (χ1) is 8.74. The Hall–Kier alpha value is -1.22. The SMILES string of the molecule is Cc1ccc(S2=NC(=O)[C@@H]3[C@H]2[C@@H]2C=C[C@H]3C2)cc1. The number of fused-ring (bicyclic) bond motifs is 5. The molecule has 1 unspecified atom stereocenters. The van der Waals surface area contributed by atoms with E-state index >= 15 is 0 Å². The molecular formula is C15H15NOS. The maximum absolute atomic E-state index is 12.1. The summed E-state index contributed by atoms with van der Waals surface area (Å²) in [5.74, 6) is 1.39. The molecule has 92 valence electrons. The smallest absolute Gasteiger partial charge is 0.256 e. The van der Waals surface area contributed by atoms with Gasteiger partial charge < -0.3 is 0 Å². The van der Waals surface area contributed by atoms with E-state index in [0.717, 1.165) is 0 Å². The van der Waals surface area contributed by atoms with Gasteiger partial charge in [-0.05, 0) is 37.3 Å². The molecule has 1 fully saturated rings. The number of carbonyl (C=O) groups is 1. The zero-order chi connectivity index (χ0) is 12.3. The molecule has 0 radical (unpaired) electrons. The third-order valence-corrected chi connectivity index (χ3v) is 6.67. The minimum absolute atomic E-state index is 0.153. The van der Waals surface area contributed by atoms with Crippen molar-refractivity contribution in [3.63, 3.8) is 0 Å². The second kappa shape index (κ2) is 3.64. The monoisotopic (exact) mass is 257 g/mol.